The average molecular weight is 278 g/mol. The van der Waals surface area contributed by atoms with Crippen LogP contribution in [0.2, 0.25) is 0 Å². The van der Waals surface area contributed by atoms with E-state index in [-0.39, 0.29) is 0 Å². The van der Waals surface area contributed by atoms with Crippen LogP contribution in [0.25, 0.3) is 22.4 Å². The molecule has 21 heavy (non-hydrogen) atoms. The molecule has 0 aliphatic rings. The van der Waals surface area contributed by atoms with E-state index in [1.54, 1.807) is 25.4 Å². The predicted molar refractivity (Wildman–Crippen MR) is 79.9 cm³/mol. The summed E-state index contributed by atoms with van der Waals surface area (Å²) in [5.41, 5.74) is 3.25. The Morgan fingerprint density at radius 1 is 1.33 bits per heavy atom. The highest BCUT2D eigenvalue weighted by atomic mass is 16.5. The van der Waals surface area contributed by atoms with E-state index < -0.39 is 0 Å². The summed E-state index contributed by atoms with van der Waals surface area (Å²) in [4.78, 5) is 8.89. The van der Waals surface area contributed by atoms with Crippen molar-refractivity contribution in [2.75, 3.05) is 7.11 Å². The first-order valence-electron chi connectivity index (χ1n) is 6.68. The van der Waals surface area contributed by atoms with E-state index >= 15 is 0 Å². The zero-order valence-electron chi connectivity index (χ0n) is 11.9. The van der Waals surface area contributed by atoms with Crippen LogP contribution in [0.15, 0.2) is 36.5 Å². The second kappa shape index (κ2) is 5.25. The Morgan fingerprint density at radius 2 is 2.19 bits per heavy atom. The van der Waals surface area contributed by atoms with Crippen molar-refractivity contribution in [2.45, 2.75) is 13.5 Å². The zero-order chi connectivity index (χ0) is 14.8. The van der Waals surface area contributed by atoms with Gasteiger partial charge in [0.2, 0.25) is 5.88 Å². The minimum absolute atomic E-state index is 0.544. The molecule has 1 aromatic carbocycles. The summed E-state index contributed by atoms with van der Waals surface area (Å²) in [6.07, 6.45) is 1.69. The number of hydrogen-bond donors (Lipinski definition) is 0. The highest BCUT2D eigenvalue weighted by Crippen LogP contribution is 2.30. The lowest BCUT2D eigenvalue weighted by atomic mass is 10.2. The lowest BCUT2D eigenvalue weighted by Gasteiger charge is -2.08. The van der Waals surface area contributed by atoms with Gasteiger partial charge in [-0.25, -0.2) is 9.97 Å². The molecule has 0 radical (unpaired) electrons. The number of imidazole rings is 1. The van der Waals surface area contributed by atoms with Crippen molar-refractivity contribution in [3.63, 3.8) is 0 Å². The Balaban J connectivity index is 2.30. The van der Waals surface area contributed by atoms with Crippen molar-refractivity contribution in [3.05, 3.63) is 42.1 Å². The van der Waals surface area contributed by atoms with Crippen LogP contribution in [0, 0.1) is 11.3 Å². The van der Waals surface area contributed by atoms with Crippen molar-refractivity contribution in [1.82, 2.24) is 14.5 Å². The average Bonchev–Trinajstić information content (AvgIpc) is 2.91. The van der Waals surface area contributed by atoms with Gasteiger partial charge in [0.05, 0.1) is 35.3 Å². The first-order chi connectivity index (χ1) is 10.3. The largest absolute Gasteiger partial charge is 0.480 e. The van der Waals surface area contributed by atoms with E-state index in [4.69, 9.17) is 10.00 Å². The summed E-state index contributed by atoms with van der Waals surface area (Å²) >= 11 is 0. The highest BCUT2D eigenvalue weighted by molar-refractivity contribution is 5.82. The minimum atomic E-state index is 0.544. The van der Waals surface area contributed by atoms with Gasteiger partial charge in [0.15, 0.2) is 0 Å². The first kappa shape index (κ1) is 13.1. The van der Waals surface area contributed by atoms with E-state index in [1.165, 1.54) is 0 Å². The lowest BCUT2D eigenvalue weighted by molar-refractivity contribution is 0.399. The summed E-state index contributed by atoms with van der Waals surface area (Å²) in [5, 5.41) is 9.01. The molecule has 104 valence electrons. The number of methoxy groups -OCH3 is 1. The van der Waals surface area contributed by atoms with Crippen LogP contribution in [-0.2, 0) is 6.54 Å². The van der Waals surface area contributed by atoms with Gasteiger partial charge < -0.3 is 9.30 Å². The molecule has 0 atom stereocenters. The molecular weight excluding hydrogens is 264 g/mol. The molecule has 5 nitrogen and oxygen atoms in total. The Kier molecular flexibility index (Phi) is 3.28. The fourth-order valence-electron chi connectivity index (χ4n) is 2.45. The Labute approximate surface area is 122 Å². The zero-order valence-corrected chi connectivity index (χ0v) is 11.9. The maximum Gasteiger partial charge on any atom is 0.224 e. The molecule has 0 saturated heterocycles. The second-order valence-electron chi connectivity index (χ2n) is 4.56. The Morgan fingerprint density at radius 3 is 2.90 bits per heavy atom. The van der Waals surface area contributed by atoms with Gasteiger partial charge in [0.1, 0.15) is 5.82 Å². The van der Waals surface area contributed by atoms with Gasteiger partial charge in [0, 0.05) is 12.7 Å². The van der Waals surface area contributed by atoms with Gasteiger partial charge in [-0.15, -0.1) is 0 Å². The van der Waals surface area contributed by atoms with E-state index in [9.17, 15) is 0 Å². The van der Waals surface area contributed by atoms with Gasteiger partial charge in [-0.1, -0.05) is 0 Å². The summed E-state index contributed by atoms with van der Waals surface area (Å²) < 4.78 is 7.42. The molecule has 0 unspecified atom stereocenters. The Hall–Kier alpha value is -2.87. The molecule has 0 saturated carbocycles. The van der Waals surface area contributed by atoms with E-state index in [1.807, 2.05) is 18.2 Å². The molecule has 0 bridgehead atoms. The molecule has 0 spiro atoms. The maximum absolute atomic E-state index is 9.01. The third kappa shape index (κ3) is 2.11. The number of nitrogens with zero attached hydrogens (tertiary/aromatic N) is 4. The number of nitriles is 1. The maximum atomic E-state index is 9.01. The number of rotatable bonds is 3. The molecule has 0 aliphatic carbocycles. The molecule has 3 rings (SSSR count). The number of benzene rings is 1. The number of pyridine rings is 1. The fraction of sp³-hybridized carbons (Fsp3) is 0.188. The minimum Gasteiger partial charge on any atom is -0.480 e. The van der Waals surface area contributed by atoms with Gasteiger partial charge in [-0.2, -0.15) is 5.26 Å². The molecule has 2 aromatic heterocycles. The molecule has 3 aromatic rings. The van der Waals surface area contributed by atoms with E-state index in [2.05, 4.69) is 27.5 Å². The van der Waals surface area contributed by atoms with Crippen LogP contribution in [0.3, 0.4) is 0 Å². The highest BCUT2D eigenvalue weighted by Gasteiger charge is 2.16. The van der Waals surface area contributed by atoms with Crippen molar-refractivity contribution in [2.24, 2.45) is 0 Å². The number of hydrogen-bond acceptors (Lipinski definition) is 4. The molecule has 0 aliphatic heterocycles. The monoisotopic (exact) mass is 278 g/mol. The first-order valence-corrected chi connectivity index (χ1v) is 6.68. The van der Waals surface area contributed by atoms with Gasteiger partial charge in [-0.05, 0) is 37.3 Å². The van der Waals surface area contributed by atoms with Crippen LogP contribution < -0.4 is 4.74 Å². The Bertz CT molecular complexity index is 845. The van der Waals surface area contributed by atoms with Crippen molar-refractivity contribution in [3.8, 4) is 23.3 Å². The van der Waals surface area contributed by atoms with Gasteiger partial charge in [-0.3, -0.25) is 0 Å². The summed E-state index contributed by atoms with van der Waals surface area (Å²) in [6, 6.07) is 11.5. The quantitative estimate of drug-likeness (QED) is 0.738. The van der Waals surface area contributed by atoms with Crippen molar-refractivity contribution < 1.29 is 4.74 Å². The molecular formula is C16H14N4O. The van der Waals surface area contributed by atoms with Crippen LogP contribution in [0.4, 0.5) is 0 Å². The van der Waals surface area contributed by atoms with Crippen LogP contribution in [0.1, 0.15) is 12.5 Å². The predicted octanol–water partition coefficient (Wildman–Crippen LogP) is 3.00. The third-order valence-corrected chi connectivity index (χ3v) is 3.40. The smallest absolute Gasteiger partial charge is 0.224 e. The SMILES string of the molecule is CCn1c(-c2cccnc2OC)nc2cc(C#N)ccc21. The number of aryl methyl sites for hydroxylation is 1. The van der Waals surface area contributed by atoms with Crippen LogP contribution in [-0.4, -0.2) is 21.6 Å². The third-order valence-electron chi connectivity index (χ3n) is 3.40. The normalized spacial score (nSPS) is 10.5. The number of fused-ring (bicyclic) bond motifs is 1. The summed E-state index contributed by atoms with van der Waals surface area (Å²) in [5.74, 6) is 1.34. The summed E-state index contributed by atoms with van der Waals surface area (Å²) in [6.45, 7) is 2.83. The molecule has 0 amide bonds. The lowest BCUT2D eigenvalue weighted by Crippen LogP contribution is -2.00. The van der Waals surface area contributed by atoms with Crippen LogP contribution in [0.5, 0.6) is 5.88 Å². The number of ether oxygens (including phenoxy) is 1. The standard InChI is InChI=1S/C16H14N4O/c1-3-20-14-7-6-11(10-17)9-13(14)19-15(20)12-5-4-8-18-16(12)21-2/h4-9H,3H2,1-2H3. The molecule has 5 heteroatoms. The second-order valence-corrected chi connectivity index (χ2v) is 4.56. The summed E-state index contributed by atoms with van der Waals surface area (Å²) in [7, 11) is 1.60. The molecule has 0 N–H and O–H groups in total. The topological polar surface area (TPSA) is 63.7 Å². The van der Waals surface area contributed by atoms with Crippen LogP contribution >= 0.6 is 0 Å². The fourth-order valence-corrected chi connectivity index (χ4v) is 2.45. The van der Waals surface area contributed by atoms with E-state index in [0.29, 0.717) is 11.4 Å². The van der Waals surface area contributed by atoms with Crippen molar-refractivity contribution >= 4 is 11.0 Å². The van der Waals surface area contributed by atoms with Crippen molar-refractivity contribution in [1.29, 1.82) is 5.26 Å². The molecule has 2 heterocycles. The van der Waals surface area contributed by atoms with Gasteiger partial charge >= 0.3 is 0 Å². The molecule has 0 fully saturated rings. The number of aromatic nitrogens is 3. The van der Waals surface area contributed by atoms with Gasteiger partial charge in [0.25, 0.3) is 0 Å². The van der Waals surface area contributed by atoms with E-state index in [0.717, 1.165) is 29.0 Å².